The Kier molecular flexibility index (Phi) is 6.68. The Morgan fingerprint density at radius 3 is 2.46 bits per heavy atom. The number of benzene rings is 1. The molecule has 1 fully saturated rings. The lowest BCUT2D eigenvalue weighted by Crippen LogP contribution is -2.65. The molecular weight excluding hydrogens is 530 g/mol. The van der Waals surface area contributed by atoms with Crippen LogP contribution in [0.4, 0.5) is 0 Å². The molecule has 11 nitrogen and oxygen atoms in total. The second kappa shape index (κ2) is 9.57. The van der Waals surface area contributed by atoms with Crippen molar-refractivity contribution >= 4 is 23.2 Å². The number of furan rings is 1. The summed E-state index contributed by atoms with van der Waals surface area (Å²) in [5.41, 5.74) is 3.54. The number of nitrogens with zero attached hydrogens (tertiary/aromatic N) is 1. The van der Waals surface area contributed by atoms with E-state index in [1.165, 1.54) is 11.0 Å². The van der Waals surface area contributed by atoms with Crippen LogP contribution in [0.25, 0.3) is 17.1 Å². The van der Waals surface area contributed by atoms with E-state index in [2.05, 4.69) is 5.32 Å². The van der Waals surface area contributed by atoms with E-state index < -0.39 is 58.0 Å². The number of phenolic OH excluding ortho intramolecular Hbond substituents is 1. The number of amides is 1. The van der Waals surface area contributed by atoms with Crippen molar-refractivity contribution in [3.63, 3.8) is 0 Å². The van der Waals surface area contributed by atoms with Gasteiger partial charge in [0, 0.05) is 34.7 Å². The summed E-state index contributed by atoms with van der Waals surface area (Å²) < 4.78 is 5.87. The molecule has 1 aromatic heterocycles. The molecule has 3 aliphatic rings. The van der Waals surface area contributed by atoms with Crippen LogP contribution in [-0.4, -0.2) is 74.1 Å². The maximum atomic E-state index is 14.0. The lowest BCUT2D eigenvalue weighted by atomic mass is 9.57. The predicted octanol–water partition coefficient (Wildman–Crippen LogP) is 2.11. The van der Waals surface area contributed by atoms with Gasteiger partial charge in [0.05, 0.1) is 17.9 Å². The highest BCUT2D eigenvalue weighted by molar-refractivity contribution is 6.24. The van der Waals surface area contributed by atoms with Crippen molar-refractivity contribution in [2.75, 3.05) is 14.1 Å². The van der Waals surface area contributed by atoms with Crippen molar-refractivity contribution in [1.29, 1.82) is 0 Å². The summed E-state index contributed by atoms with van der Waals surface area (Å²) in [6.07, 6.45) is 1.74. The van der Waals surface area contributed by atoms with Gasteiger partial charge in [0.15, 0.2) is 11.4 Å². The van der Waals surface area contributed by atoms with Crippen molar-refractivity contribution in [1.82, 2.24) is 10.2 Å². The number of aliphatic hydroxyl groups excluding tert-OH is 2. The Hall–Kier alpha value is -3.93. The Bertz CT molecular complexity index is 1540. The average molecular weight is 566 g/mol. The van der Waals surface area contributed by atoms with E-state index in [9.17, 15) is 34.8 Å². The first-order chi connectivity index (χ1) is 19.1. The number of likely N-dealkylation sites (N-methyl/N-ethyl adjacent to an activating group) is 1. The summed E-state index contributed by atoms with van der Waals surface area (Å²) in [4.78, 5) is 40.9. The lowest BCUT2D eigenvalue weighted by Gasteiger charge is -2.50. The number of nitrogens with two attached hydrogens (primary N) is 1. The number of carbonyl (C=O) groups is 3. The van der Waals surface area contributed by atoms with Crippen molar-refractivity contribution < 1.29 is 39.2 Å². The number of phenols is 1. The molecule has 0 radical (unpaired) electrons. The standard InChI is InChI=1S/C30H35N3O8/c1-29(2,3)32-12-13-8-9-41-25(13)15-6-7-18(34)20-16(15)10-14-11-17-22(33(4)5)24(36)21(28(31)39)27(38)30(17,40)26(37)19(14)23(20)35/h6-9,14,17,22,32,34-35,38,40H,10-12H2,1-5H3,(H2,31,39)/t14-,17-,22-,30-/m0/s1. The molecule has 0 spiro atoms. The molecule has 4 atom stereocenters. The molecule has 1 aromatic carbocycles. The van der Waals surface area contributed by atoms with Gasteiger partial charge in [-0.2, -0.15) is 0 Å². The number of fused-ring (bicyclic) bond motifs is 3. The molecule has 3 aliphatic carbocycles. The molecular formula is C30H35N3O8. The highest BCUT2D eigenvalue weighted by atomic mass is 16.3. The van der Waals surface area contributed by atoms with Gasteiger partial charge in [-0.25, -0.2) is 0 Å². The first-order valence-electron chi connectivity index (χ1n) is 13.4. The van der Waals surface area contributed by atoms with Crippen LogP contribution in [0.5, 0.6) is 5.75 Å². The molecule has 0 saturated heterocycles. The van der Waals surface area contributed by atoms with Crippen LogP contribution in [0.15, 0.2) is 45.8 Å². The number of aromatic hydroxyl groups is 1. The summed E-state index contributed by atoms with van der Waals surface area (Å²) in [7, 11) is 3.13. The summed E-state index contributed by atoms with van der Waals surface area (Å²) in [5, 5.41) is 48.4. The SMILES string of the molecule is CN(C)[C@@H]1C(=O)C(C(N)=O)=C(O)[C@@]2(O)C(=O)C3=C(O)c4c(O)ccc(-c5occc5CNC(C)(C)C)c4C[C@H]3C[C@@H]12. The Labute approximate surface area is 236 Å². The topological polar surface area (TPSA) is 187 Å². The number of ketones is 2. The van der Waals surface area contributed by atoms with E-state index in [0.717, 1.165) is 5.56 Å². The van der Waals surface area contributed by atoms with E-state index >= 15 is 0 Å². The molecule has 7 N–H and O–H groups in total. The minimum Gasteiger partial charge on any atom is -0.508 e. The number of nitrogens with one attached hydrogen (secondary N) is 1. The Balaban J connectivity index is 1.68. The third-order valence-electron chi connectivity index (χ3n) is 8.40. The zero-order valence-electron chi connectivity index (χ0n) is 23.6. The number of primary amides is 1. The molecule has 0 unspecified atom stereocenters. The van der Waals surface area contributed by atoms with Crippen LogP contribution < -0.4 is 11.1 Å². The summed E-state index contributed by atoms with van der Waals surface area (Å²) in [6, 6.07) is 3.77. The first kappa shape index (κ1) is 28.6. The zero-order valence-corrected chi connectivity index (χ0v) is 23.6. The van der Waals surface area contributed by atoms with Gasteiger partial charge in [0.25, 0.3) is 5.91 Å². The lowest BCUT2D eigenvalue weighted by molar-refractivity contribution is -0.153. The van der Waals surface area contributed by atoms with Crippen LogP contribution in [0.2, 0.25) is 0 Å². The minimum absolute atomic E-state index is 0.0114. The van der Waals surface area contributed by atoms with Gasteiger partial charge in [0.2, 0.25) is 5.78 Å². The van der Waals surface area contributed by atoms with Crippen LogP contribution in [-0.2, 0) is 27.3 Å². The number of hydrogen-bond donors (Lipinski definition) is 6. The van der Waals surface area contributed by atoms with E-state index in [1.54, 1.807) is 26.4 Å². The van der Waals surface area contributed by atoms with Crippen molar-refractivity contribution in [2.24, 2.45) is 17.6 Å². The fourth-order valence-corrected chi connectivity index (χ4v) is 6.53. The average Bonchev–Trinajstić information content (AvgIpc) is 3.33. The second-order valence-electron chi connectivity index (χ2n) is 12.3. The monoisotopic (exact) mass is 565 g/mol. The van der Waals surface area contributed by atoms with Crippen molar-refractivity contribution in [3.05, 3.63) is 58.1 Å². The van der Waals surface area contributed by atoms with Crippen molar-refractivity contribution in [3.8, 4) is 17.1 Å². The summed E-state index contributed by atoms with van der Waals surface area (Å²) in [5.74, 6) is -6.32. The molecule has 0 bridgehead atoms. The Morgan fingerprint density at radius 2 is 1.85 bits per heavy atom. The smallest absolute Gasteiger partial charge is 0.255 e. The molecule has 218 valence electrons. The van der Waals surface area contributed by atoms with Gasteiger partial charge < -0.3 is 35.9 Å². The number of Topliss-reactive ketones (excluding diaryl/α,β-unsaturated/α-hetero) is 2. The van der Waals surface area contributed by atoms with Crippen LogP contribution in [0.1, 0.15) is 43.9 Å². The van der Waals surface area contributed by atoms with E-state index in [4.69, 9.17) is 10.2 Å². The highest BCUT2D eigenvalue weighted by Crippen LogP contribution is 2.53. The van der Waals surface area contributed by atoms with E-state index in [1.807, 2.05) is 26.8 Å². The highest BCUT2D eigenvalue weighted by Gasteiger charge is 2.64. The third kappa shape index (κ3) is 4.27. The predicted molar refractivity (Wildman–Crippen MR) is 149 cm³/mol. The number of aliphatic hydroxyl groups is 3. The third-order valence-corrected chi connectivity index (χ3v) is 8.40. The quantitative estimate of drug-likeness (QED) is 0.293. The molecule has 1 saturated carbocycles. The van der Waals surface area contributed by atoms with Gasteiger partial charge in [-0.05, 0) is 77.4 Å². The maximum absolute atomic E-state index is 14.0. The summed E-state index contributed by atoms with van der Waals surface area (Å²) >= 11 is 0. The van der Waals surface area contributed by atoms with E-state index in [-0.39, 0.29) is 35.3 Å². The Morgan fingerprint density at radius 1 is 1.17 bits per heavy atom. The second-order valence-corrected chi connectivity index (χ2v) is 12.3. The maximum Gasteiger partial charge on any atom is 0.255 e. The van der Waals surface area contributed by atoms with Crippen LogP contribution >= 0.6 is 0 Å². The fourth-order valence-electron chi connectivity index (χ4n) is 6.53. The molecule has 5 rings (SSSR count). The van der Waals surface area contributed by atoms with Gasteiger partial charge in [-0.3, -0.25) is 19.3 Å². The van der Waals surface area contributed by atoms with Gasteiger partial charge >= 0.3 is 0 Å². The molecule has 11 heteroatoms. The van der Waals surface area contributed by atoms with E-state index in [0.29, 0.717) is 23.4 Å². The first-order valence-corrected chi connectivity index (χ1v) is 13.4. The zero-order chi connectivity index (χ0) is 30.2. The molecule has 1 amide bonds. The van der Waals surface area contributed by atoms with Gasteiger partial charge in [0.1, 0.15) is 28.6 Å². The molecule has 41 heavy (non-hydrogen) atoms. The van der Waals surface area contributed by atoms with Crippen molar-refractivity contribution in [2.45, 2.75) is 57.3 Å². The largest absolute Gasteiger partial charge is 0.508 e. The molecule has 0 aliphatic heterocycles. The van der Waals surface area contributed by atoms with Gasteiger partial charge in [-0.15, -0.1) is 0 Å². The fraction of sp³-hybridized carbons (Fsp3) is 0.433. The molecule has 2 aromatic rings. The number of hydrogen-bond acceptors (Lipinski definition) is 10. The minimum atomic E-state index is -2.68. The number of rotatable bonds is 5. The summed E-state index contributed by atoms with van der Waals surface area (Å²) in [6.45, 7) is 6.61. The normalized spacial score (nSPS) is 26.3. The van der Waals surface area contributed by atoms with Gasteiger partial charge in [-0.1, -0.05) is 0 Å². The number of carbonyl (C=O) groups excluding carboxylic acids is 3. The van der Waals surface area contributed by atoms with Crippen LogP contribution in [0.3, 0.4) is 0 Å². The van der Waals surface area contributed by atoms with Crippen LogP contribution in [0, 0.1) is 11.8 Å². The molecule has 1 heterocycles.